The van der Waals surface area contributed by atoms with E-state index in [1.807, 2.05) is 31.3 Å². The third-order valence-electron chi connectivity index (χ3n) is 7.06. The average Bonchev–Trinajstić information content (AvgIpc) is 3.37. The highest BCUT2D eigenvalue weighted by Gasteiger charge is 2.45. The summed E-state index contributed by atoms with van der Waals surface area (Å²) < 4.78 is 6.13. The number of pyridine rings is 1. The van der Waals surface area contributed by atoms with Crippen molar-refractivity contribution in [1.29, 1.82) is 0 Å². The maximum Gasteiger partial charge on any atom is 0.308 e. The minimum atomic E-state index is -0.718. The zero-order chi connectivity index (χ0) is 22.4. The van der Waals surface area contributed by atoms with Crippen LogP contribution in [0.15, 0.2) is 30.5 Å². The predicted octanol–water partition coefficient (Wildman–Crippen LogP) is 4.66. The van der Waals surface area contributed by atoms with Gasteiger partial charge >= 0.3 is 5.97 Å². The Hall–Kier alpha value is -2.02. The van der Waals surface area contributed by atoms with Gasteiger partial charge in [0.05, 0.1) is 22.5 Å². The number of benzene rings is 1. The molecule has 1 unspecified atom stereocenters. The molecule has 3 aliphatic heterocycles. The first kappa shape index (κ1) is 21.8. The molecule has 6 nitrogen and oxygen atoms in total. The van der Waals surface area contributed by atoms with Gasteiger partial charge in [0, 0.05) is 37.2 Å². The summed E-state index contributed by atoms with van der Waals surface area (Å²) >= 11 is 12.7. The Morgan fingerprint density at radius 3 is 2.69 bits per heavy atom. The molecule has 0 aliphatic carbocycles. The molecule has 0 saturated carbocycles. The molecule has 0 radical (unpaired) electrons. The van der Waals surface area contributed by atoms with Gasteiger partial charge in [-0.1, -0.05) is 29.3 Å². The van der Waals surface area contributed by atoms with Crippen LogP contribution < -0.4 is 15.0 Å². The largest absolute Gasteiger partial charge is 0.485 e. The van der Waals surface area contributed by atoms with Crippen molar-refractivity contribution < 1.29 is 14.6 Å². The van der Waals surface area contributed by atoms with Gasteiger partial charge in [0.1, 0.15) is 11.9 Å². The molecule has 2 N–H and O–H groups in total. The molecule has 170 valence electrons. The minimum absolute atomic E-state index is 0.00767. The summed E-state index contributed by atoms with van der Waals surface area (Å²) in [7, 11) is 0. The van der Waals surface area contributed by atoms with Gasteiger partial charge in [-0.3, -0.25) is 4.79 Å². The molecule has 1 aromatic carbocycles. The van der Waals surface area contributed by atoms with Crippen LogP contribution in [0.25, 0.3) is 0 Å². The highest BCUT2D eigenvalue weighted by molar-refractivity contribution is 6.37. The highest BCUT2D eigenvalue weighted by atomic mass is 35.5. The highest BCUT2D eigenvalue weighted by Crippen LogP contribution is 2.42. The van der Waals surface area contributed by atoms with E-state index in [0.29, 0.717) is 28.4 Å². The standard InChI is InChI=1S/C24H27Cl2N3O3/c1-13-8-18(25)23(19(26)9-13)32-16-6-7-29(12-16)21-5-2-14(11-27-21)17-10-15-3-4-20(28-15)22(17)24(30)31/h2,5,8-9,11,15-17,20,22,28H,3-4,6-7,10,12H2,1H3,(H,30,31)/t15-,16?,17+,20+,22+/m0/s1. The number of hydrogen-bond donors (Lipinski definition) is 2. The van der Waals surface area contributed by atoms with Crippen molar-refractivity contribution in [3.05, 3.63) is 51.6 Å². The fourth-order valence-corrected chi connectivity index (χ4v) is 6.23. The van der Waals surface area contributed by atoms with Gasteiger partial charge < -0.3 is 20.1 Å². The van der Waals surface area contributed by atoms with E-state index >= 15 is 0 Å². The first-order chi connectivity index (χ1) is 15.4. The first-order valence-electron chi connectivity index (χ1n) is 11.2. The van der Waals surface area contributed by atoms with Crippen molar-refractivity contribution in [2.45, 2.75) is 56.7 Å². The maximum atomic E-state index is 12.0. The van der Waals surface area contributed by atoms with Crippen molar-refractivity contribution in [2.24, 2.45) is 5.92 Å². The number of carboxylic acid groups (broad SMARTS) is 1. The topological polar surface area (TPSA) is 74.7 Å². The number of nitrogens with one attached hydrogen (secondary N) is 1. The lowest BCUT2D eigenvalue weighted by Gasteiger charge is -2.35. The SMILES string of the molecule is Cc1cc(Cl)c(OC2CCN(c3ccc([C@H]4C[C@@H]5CC[C@@H](N5)[C@@H]4C(=O)O)cn3)C2)c(Cl)c1. The van der Waals surface area contributed by atoms with Gasteiger partial charge in [0.15, 0.2) is 5.75 Å². The van der Waals surface area contributed by atoms with Gasteiger partial charge in [-0.25, -0.2) is 4.98 Å². The second kappa shape index (κ2) is 8.73. The fraction of sp³-hybridized carbons (Fsp3) is 0.500. The van der Waals surface area contributed by atoms with Gasteiger partial charge in [0.2, 0.25) is 0 Å². The summed E-state index contributed by atoms with van der Waals surface area (Å²) in [6.07, 6.45) is 5.54. The van der Waals surface area contributed by atoms with Crippen LogP contribution in [-0.4, -0.2) is 47.3 Å². The number of aryl methyl sites for hydroxylation is 1. The molecule has 0 spiro atoms. The fourth-order valence-electron chi connectivity index (χ4n) is 5.54. The maximum absolute atomic E-state index is 12.0. The van der Waals surface area contributed by atoms with Gasteiger partial charge in [0.25, 0.3) is 0 Å². The summed E-state index contributed by atoms with van der Waals surface area (Å²) in [4.78, 5) is 18.8. The van der Waals surface area contributed by atoms with E-state index < -0.39 is 11.9 Å². The molecule has 5 rings (SSSR count). The number of anilines is 1. The van der Waals surface area contributed by atoms with Crippen molar-refractivity contribution in [3.8, 4) is 5.75 Å². The van der Waals surface area contributed by atoms with Crippen LogP contribution in [0.4, 0.5) is 5.82 Å². The summed E-state index contributed by atoms with van der Waals surface area (Å²) in [6, 6.07) is 8.24. The lowest BCUT2D eigenvalue weighted by atomic mass is 9.77. The molecule has 0 amide bonds. The lowest BCUT2D eigenvalue weighted by molar-refractivity contribution is -0.144. The van der Waals surface area contributed by atoms with Crippen LogP contribution in [-0.2, 0) is 4.79 Å². The third-order valence-corrected chi connectivity index (χ3v) is 7.62. The summed E-state index contributed by atoms with van der Waals surface area (Å²) in [5.41, 5.74) is 2.02. The number of nitrogens with zero attached hydrogens (tertiary/aromatic N) is 2. The Balaban J connectivity index is 1.27. The Morgan fingerprint density at radius 2 is 2.00 bits per heavy atom. The number of fused-ring (bicyclic) bond motifs is 2. The Morgan fingerprint density at radius 1 is 1.22 bits per heavy atom. The molecule has 1 aromatic heterocycles. The van der Waals surface area contributed by atoms with Crippen LogP contribution in [0.3, 0.4) is 0 Å². The molecule has 4 heterocycles. The van der Waals surface area contributed by atoms with Crippen LogP contribution in [0.5, 0.6) is 5.75 Å². The second-order valence-corrected chi connectivity index (χ2v) is 10.1. The summed E-state index contributed by atoms with van der Waals surface area (Å²) in [6.45, 7) is 3.47. The van der Waals surface area contributed by atoms with Gasteiger partial charge in [-0.2, -0.15) is 0 Å². The average molecular weight is 476 g/mol. The predicted molar refractivity (Wildman–Crippen MR) is 125 cm³/mol. The molecule has 5 atom stereocenters. The molecule has 8 heteroatoms. The Bertz CT molecular complexity index is 993. The van der Waals surface area contributed by atoms with Crippen molar-refractivity contribution in [3.63, 3.8) is 0 Å². The number of rotatable bonds is 5. The molecular formula is C24H27Cl2N3O3. The summed E-state index contributed by atoms with van der Waals surface area (Å²) in [5.74, 6) is 0.312. The quantitative estimate of drug-likeness (QED) is 0.654. The number of carbonyl (C=O) groups is 1. The minimum Gasteiger partial charge on any atom is -0.485 e. The number of halogens is 2. The van der Waals surface area contributed by atoms with E-state index in [4.69, 9.17) is 32.9 Å². The smallest absolute Gasteiger partial charge is 0.308 e. The van der Waals surface area contributed by atoms with Gasteiger partial charge in [-0.05, 0) is 55.5 Å². The monoisotopic (exact) mass is 475 g/mol. The van der Waals surface area contributed by atoms with Crippen molar-refractivity contribution in [1.82, 2.24) is 10.3 Å². The van der Waals surface area contributed by atoms with Crippen LogP contribution in [0, 0.1) is 12.8 Å². The number of aliphatic carboxylic acids is 1. The van der Waals surface area contributed by atoms with E-state index in [1.54, 1.807) is 0 Å². The number of carboxylic acids is 1. The number of ether oxygens (including phenoxy) is 1. The second-order valence-electron chi connectivity index (χ2n) is 9.24. The molecule has 3 aliphatic rings. The number of hydrogen-bond acceptors (Lipinski definition) is 5. The molecule has 32 heavy (non-hydrogen) atoms. The molecule has 3 fully saturated rings. The van der Waals surface area contributed by atoms with E-state index in [9.17, 15) is 9.90 Å². The molecule has 3 saturated heterocycles. The van der Waals surface area contributed by atoms with Gasteiger partial charge in [-0.15, -0.1) is 0 Å². The molecular weight excluding hydrogens is 449 g/mol. The van der Waals surface area contributed by atoms with Crippen molar-refractivity contribution in [2.75, 3.05) is 18.0 Å². The lowest BCUT2D eigenvalue weighted by Crippen LogP contribution is -2.47. The van der Waals surface area contributed by atoms with Crippen LogP contribution >= 0.6 is 23.2 Å². The zero-order valence-corrected chi connectivity index (χ0v) is 19.4. The third kappa shape index (κ3) is 4.16. The van der Waals surface area contributed by atoms with E-state index in [0.717, 1.165) is 49.2 Å². The first-order valence-corrected chi connectivity index (χ1v) is 12.0. The van der Waals surface area contributed by atoms with E-state index in [-0.39, 0.29) is 18.1 Å². The number of aromatic nitrogens is 1. The van der Waals surface area contributed by atoms with Crippen molar-refractivity contribution >= 4 is 35.0 Å². The van der Waals surface area contributed by atoms with E-state index in [2.05, 4.69) is 16.3 Å². The van der Waals surface area contributed by atoms with Crippen LogP contribution in [0.1, 0.15) is 42.7 Å². The normalized spacial score (nSPS) is 29.3. The molecule has 2 aromatic rings. The number of piperidine rings is 1. The Labute approximate surface area is 197 Å². The van der Waals surface area contributed by atoms with E-state index in [1.165, 1.54) is 0 Å². The molecule has 2 bridgehead atoms. The van der Waals surface area contributed by atoms with Crippen LogP contribution in [0.2, 0.25) is 10.0 Å². The Kier molecular flexibility index (Phi) is 5.95. The zero-order valence-electron chi connectivity index (χ0n) is 17.9. The summed E-state index contributed by atoms with van der Waals surface area (Å²) in [5, 5.41) is 14.3.